The first-order valence-electron chi connectivity index (χ1n) is 7.90. The van der Waals surface area contributed by atoms with Gasteiger partial charge in [-0.15, -0.1) is 0 Å². The number of nitrogens with zero attached hydrogens (tertiary/aromatic N) is 2. The van der Waals surface area contributed by atoms with E-state index in [1.807, 2.05) is 23.9 Å². The third-order valence-electron chi connectivity index (χ3n) is 4.24. The Bertz CT molecular complexity index is 443. The van der Waals surface area contributed by atoms with Crippen LogP contribution in [-0.4, -0.2) is 79.4 Å². The SMILES string of the molecule is CC[C@@H]1OC[C@H]2CN(C(=O)CN(C)C)CC[C@H]21.O=C(O)C(F)(F)F. The minimum Gasteiger partial charge on any atom is -0.475 e. The van der Waals surface area contributed by atoms with E-state index in [4.69, 9.17) is 14.6 Å². The van der Waals surface area contributed by atoms with Crippen molar-refractivity contribution in [3.05, 3.63) is 0 Å². The van der Waals surface area contributed by atoms with Gasteiger partial charge in [-0.1, -0.05) is 6.92 Å². The minimum atomic E-state index is -5.08. The van der Waals surface area contributed by atoms with Crippen LogP contribution in [0.25, 0.3) is 0 Å². The summed E-state index contributed by atoms with van der Waals surface area (Å²) in [5, 5.41) is 7.12. The zero-order chi connectivity index (χ0) is 18.5. The Labute approximate surface area is 139 Å². The van der Waals surface area contributed by atoms with Crippen molar-refractivity contribution in [2.75, 3.05) is 40.3 Å². The quantitative estimate of drug-likeness (QED) is 0.831. The standard InChI is InChI=1S/C13H24N2O2.C2HF3O2/c1-4-12-11-5-6-15(7-10(11)9-17-12)13(16)8-14(2)3;3-2(4,5)1(6)7/h10-12H,4-9H2,1-3H3;(H,6,7)/t10-,11-,12+;/m1./s1. The molecule has 2 saturated heterocycles. The first-order valence-corrected chi connectivity index (χ1v) is 7.90. The zero-order valence-electron chi connectivity index (χ0n) is 14.2. The van der Waals surface area contributed by atoms with Crippen molar-refractivity contribution < 1.29 is 32.6 Å². The van der Waals surface area contributed by atoms with E-state index < -0.39 is 12.1 Å². The van der Waals surface area contributed by atoms with E-state index in [9.17, 15) is 18.0 Å². The number of carbonyl (C=O) groups is 2. The lowest BCUT2D eigenvalue weighted by Gasteiger charge is -2.36. The molecule has 140 valence electrons. The molecule has 9 heteroatoms. The Morgan fingerprint density at radius 3 is 2.38 bits per heavy atom. The third kappa shape index (κ3) is 5.94. The third-order valence-corrected chi connectivity index (χ3v) is 4.24. The normalized spacial score (nSPS) is 26.6. The Kier molecular flexibility index (Phi) is 7.47. The van der Waals surface area contributed by atoms with Gasteiger partial charge >= 0.3 is 12.1 Å². The maximum absolute atomic E-state index is 12.0. The predicted octanol–water partition coefficient (Wildman–Crippen LogP) is 1.45. The van der Waals surface area contributed by atoms with Gasteiger partial charge in [0.2, 0.25) is 5.91 Å². The Hall–Kier alpha value is -1.35. The molecule has 3 atom stereocenters. The number of carboxylic acid groups (broad SMARTS) is 1. The number of rotatable bonds is 3. The molecular weight excluding hydrogens is 329 g/mol. The number of hydrogen-bond donors (Lipinski definition) is 1. The summed E-state index contributed by atoms with van der Waals surface area (Å²) in [6, 6.07) is 0. The van der Waals surface area contributed by atoms with Gasteiger partial charge in [-0.3, -0.25) is 4.79 Å². The van der Waals surface area contributed by atoms with Crippen molar-refractivity contribution in [3.63, 3.8) is 0 Å². The molecule has 2 heterocycles. The number of carbonyl (C=O) groups excluding carboxylic acids is 1. The molecule has 0 bridgehead atoms. The van der Waals surface area contributed by atoms with Crippen LogP contribution in [0.3, 0.4) is 0 Å². The maximum Gasteiger partial charge on any atom is 0.490 e. The summed E-state index contributed by atoms with van der Waals surface area (Å²) >= 11 is 0. The summed E-state index contributed by atoms with van der Waals surface area (Å²) in [7, 11) is 3.88. The van der Waals surface area contributed by atoms with Gasteiger partial charge in [0.25, 0.3) is 0 Å². The molecule has 6 nitrogen and oxygen atoms in total. The fourth-order valence-electron chi connectivity index (χ4n) is 3.10. The van der Waals surface area contributed by atoms with Crippen molar-refractivity contribution in [1.82, 2.24) is 9.80 Å². The number of likely N-dealkylation sites (N-methyl/N-ethyl adjacent to an activating group) is 1. The molecule has 2 fully saturated rings. The van der Waals surface area contributed by atoms with E-state index >= 15 is 0 Å². The molecule has 0 aliphatic carbocycles. The number of carboxylic acids is 1. The lowest BCUT2D eigenvalue weighted by atomic mass is 9.83. The van der Waals surface area contributed by atoms with E-state index in [2.05, 4.69) is 6.92 Å². The van der Waals surface area contributed by atoms with Gasteiger partial charge in [-0.25, -0.2) is 4.79 Å². The van der Waals surface area contributed by atoms with Crippen LogP contribution in [-0.2, 0) is 14.3 Å². The highest BCUT2D eigenvalue weighted by molar-refractivity contribution is 5.78. The van der Waals surface area contributed by atoms with E-state index in [1.54, 1.807) is 0 Å². The molecule has 24 heavy (non-hydrogen) atoms. The predicted molar refractivity (Wildman–Crippen MR) is 80.5 cm³/mol. The molecule has 0 unspecified atom stereocenters. The van der Waals surface area contributed by atoms with Gasteiger partial charge in [0.15, 0.2) is 0 Å². The summed E-state index contributed by atoms with van der Waals surface area (Å²) in [4.78, 5) is 24.8. The Morgan fingerprint density at radius 2 is 1.92 bits per heavy atom. The number of ether oxygens (including phenoxy) is 1. The number of likely N-dealkylation sites (tertiary alicyclic amines) is 1. The molecule has 0 spiro atoms. The molecule has 2 aliphatic heterocycles. The first-order chi connectivity index (χ1) is 11.1. The van der Waals surface area contributed by atoms with E-state index in [1.165, 1.54) is 0 Å². The van der Waals surface area contributed by atoms with Crippen molar-refractivity contribution in [2.24, 2.45) is 11.8 Å². The summed E-state index contributed by atoms with van der Waals surface area (Å²) < 4.78 is 37.5. The van der Waals surface area contributed by atoms with Crippen LogP contribution in [0.4, 0.5) is 13.2 Å². The summed E-state index contributed by atoms with van der Waals surface area (Å²) in [6.45, 7) is 5.36. The van der Waals surface area contributed by atoms with E-state index in [-0.39, 0.29) is 5.91 Å². The number of halogens is 3. The molecule has 1 N–H and O–H groups in total. The summed E-state index contributed by atoms with van der Waals surface area (Å²) in [5.41, 5.74) is 0. The van der Waals surface area contributed by atoms with Crippen LogP contribution < -0.4 is 0 Å². The van der Waals surface area contributed by atoms with Crippen molar-refractivity contribution in [1.29, 1.82) is 0 Å². The average molecular weight is 354 g/mol. The van der Waals surface area contributed by atoms with E-state index in [0.717, 1.165) is 32.5 Å². The number of hydrogen-bond acceptors (Lipinski definition) is 4. The average Bonchev–Trinajstić information content (AvgIpc) is 2.88. The zero-order valence-corrected chi connectivity index (χ0v) is 14.2. The number of fused-ring (bicyclic) bond motifs is 1. The largest absolute Gasteiger partial charge is 0.490 e. The molecule has 2 aliphatic rings. The van der Waals surface area contributed by atoms with Crippen LogP contribution in [0.1, 0.15) is 19.8 Å². The highest BCUT2D eigenvalue weighted by Gasteiger charge is 2.40. The fourth-order valence-corrected chi connectivity index (χ4v) is 3.10. The first kappa shape index (κ1) is 20.7. The molecule has 0 saturated carbocycles. The smallest absolute Gasteiger partial charge is 0.475 e. The molecule has 1 amide bonds. The molecule has 0 radical (unpaired) electrons. The van der Waals surface area contributed by atoms with Gasteiger partial charge in [0.1, 0.15) is 0 Å². The van der Waals surface area contributed by atoms with Gasteiger partial charge in [-0.2, -0.15) is 13.2 Å². The number of amides is 1. The topological polar surface area (TPSA) is 70.1 Å². The van der Waals surface area contributed by atoms with E-state index in [0.29, 0.717) is 24.5 Å². The highest BCUT2D eigenvalue weighted by Crippen LogP contribution is 2.35. The molecule has 0 aromatic rings. The number of aliphatic carboxylic acids is 1. The summed E-state index contributed by atoms with van der Waals surface area (Å²) in [5.74, 6) is -1.25. The molecular formula is C15H25F3N2O4. The Morgan fingerprint density at radius 1 is 1.33 bits per heavy atom. The second kappa shape index (κ2) is 8.66. The van der Waals surface area contributed by atoms with Crippen LogP contribution in [0, 0.1) is 11.8 Å². The molecule has 2 rings (SSSR count). The fraction of sp³-hybridized carbons (Fsp3) is 0.867. The lowest BCUT2D eigenvalue weighted by Crippen LogP contribution is -2.47. The Balaban J connectivity index is 0.000000351. The van der Waals surface area contributed by atoms with Crippen molar-refractivity contribution in [2.45, 2.75) is 32.0 Å². The molecule has 0 aromatic heterocycles. The lowest BCUT2D eigenvalue weighted by molar-refractivity contribution is -0.192. The minimum absolute atomic E-state index is 0.258. The van der Waals surface area contributed by atoms with Gasteiger partial charge < -0.3 is 19.6 Å². The number of piperidine rings is 1. The number of alkyl halides is 3. The van der Waals surface area contributed by atoms with Crippen LogP contribution >= 0.6 is 0 Å². The maximum atomic E-state index is 12.0. The van der Waals surface area contributed by atoms with Crippen LogP contribution in [0.2, 0.25) is 0 Å². The van der Waals surface area contributed by atoms with Gasteiger partial charge in [0.05, 0.1) is 19.3 Å². The van der Waals surface area contributed by atoms with Gasteiger partial charge in [0, 0.05) is 19.0 Å². The van der Waals surface area contributed by atoms with Crippen LogP contribution in [0.5, 0.6) is 0 Å². The van der Waals surface area contributed by atoms with Crippen molar-refractivity contribution in [3.8, 4) is 0 Å². The second-order valence-corrected chi connectivity index (χ2v) is 6.37. The second-order valence-electron chi connectivity index (χ2n) is 6.37. The van der Waals surface area contributed by atoms with Crippen molar-refractivity contribution >= 4 is 11.9 Å². The summed E-state index contributed by atoms with van der Waals surface area (Å²) in [6.07, 6.45) is -2.43. The molecule has 0 aromatic carbocycles. The highest BCUT2D eigenvalue weighted by atomic mass is 19.4. The van der Waals surface area contributed by atoms with Crippen LogP contribution in [0.15, 0.2) is 0 Å². The monoisotopic (exact) mass is 354 g/mol. The van der Waals surface area contributed by atoms with Gasteiger partial charge in [-0.05, 0) is 32.9 Å².